The van der Waals surface area contributed by atoms with E-state index in [0.717, 1.165) is 34.4 Å². The van der Waals surface area contributed by atoms with E-state index in [2.05, 4.69) is 27.2 Å². The summed E-state index contributed by atoms with van der Waals surface area (Å²) in [6, 6.07) is 6.07. The molecule has 1 aromatic carbocycles. The molecule has 0 saturated carbocycles. The van der Waals surface area contributed by atoms with Crippen LogP contribution in [0.5, 0.6) is 0 Å². The standard InChI is InChI=1S/C15H17N5/c1-2-12(15-18-7-8-19-15)20-13-4-3-10-9-17-6-5-11(10)14(13)16/h3-9,12,20H,2,16H2,1H3,(H,18,19). The molecular weight excluding hydrogens is 250 g/mol. The van der Waals surface area contributed by atoms with Crippen molar-refractivity contribution in [1.29, 1.82) is 0 Å². The van der Waals surface area contributed by atoms with Gasteiger partial charge in [-0.25, -0.2) is 4.98 Å². The Balaban J connectivity index is 1.96. The van der Waals surface area contributed by atoms with Gasteiger partial charge >= 0.3 is 0 Å². The van der Waals surface area contributed by atoms with Crippen LogP contribution in [-0.2, 0) is 0 Å². The number of benzene rings is 1. The number of nitrogens with one attached hydrogen (secondary N) is 2. The molecule has 0 bridgehead atoms. The topological polar surface area (TPSA) is 79.6 Å². The molecule has 5 heteroatoms. The van der Waals surface area contributed by atoms with Crippen LogP contribution in [0.4, 0.5) is 11.4 Å². The lowest BCUT2D eigenvalue weighted by atomic mass is 10.1. The number of hydrogen-bond acceptors (Lipinski definition) is 4. The fraction of sp³-hybridized carbons (Fsp3) is 0.200. The molecule has 1 atom stereocenters. The van der Waals surface area contributed by atoms with E-state index < -0.39 is 0 Å². The highest BCUT2D eigenvalue weighted by molar-refractivity contribution is 5.98. The van der Waals surface area contributed by atoms with Crippen LogP contribution in [0, 0.1) is 0 Å². The molecule has 0 saturated heterocycles. The Kier molecular flexibility index (Phi) is 3.25. The average molecular weight is 267 g/mol. The van der Waals surface area contributed by atoms with Gasteiger partial charge in [0, 0.05) is 35.6 Å². The maximum Gasteiger partial charge on any atom is 0.128 e. The third kappa shape index (κ3) is 2.18. The summed E-state index contributed by atoms with van der Waals surface area (Å²) in [6.07, 6.45) is 8.08. The summed E-state index contributed by atoms with van der Waals surface area (Å²) in [5.41, 5.74) is 7.92. The smallest absolute Gasteiger partial charge is 0.128 e. The zero-order chi connectivity index (χ0) is 13.9. The maximum atomic E-state index is 6.25. The van der Waals surface area contributed by atoms with Crippen LogP contribution >= 0.6 is 0 Å². The van der Waals surface area contributed by atoms with Gasteiger partial charge in [0.1, 0.15) is 5.82 Å². The second-order valence-corrected chi connectivity index (χ2v) is 4.70. The molecule has 0 radical (unpaired) electrons. The van der Waals surface area contributed by atoms with Gasteiger partial charge in [-0.3, -0.25) is 4.98 Å². The number of H-pyrrole nitrogens is 1. The van der Waals surface area contributed by atoms with Crippen molar-refractivity contribution in [2.75, 3.05) is 11.1 Å². The molecule has 0 amide bonds. The van der Waals surface area contributed by atoms with Crippen LogP contribution in [0.3, 0.4) is 0 Å². The van der Waals surface area contributed by atoms with E-state index in [1.165, 1.54) is 0 Å². The molecule has 3 rings (SSSR count). The van der Waals surface area contributed by atoms with Crippen LogP contribution in [0.25, 0.3) is 10.8 Å². The van der Waals surface area contributed by atoms with Gasteiger partial charge in [-0.2, -0.15) is 0 Å². The fourth-order valence-corrected chi connectivity index (χ4v) is 2.34. The van der Waals surface area contributed by atoms with Gasteiger partial charge in [-0.15, -0.1) is 0 Å². The van der Waals surface area contributed by atoms with Crippen molar-refractivity contribution in [3.63, 3.8) is 0 Å². The molecular formula is C15H17N5. The lowest BCUT2D eigenvalue weighted by molar-refractivity contribution is 0.704. The van der Waals surface area contributed by atoms with Crippen molar-refractivity contribution in [2.45, 2.75) is 19.4 Å². The van der Waals surface area contributed by atoms with Gasteiger partial charge in [0.05, 0.1) is 17.4 Å². The Bertz CT molecular complexity index is 705. The molecule has 20 heavy (non-hydrogen) atoms. The minimum Gasteiger partial charge on any atom is -0.397 e. The zero-order valence-electron chi connectivity index (χ0n) is 11.3. The van der Waals surface area contributed by atoms with Gasteiger partial charge in [-0.1, -0.05) is 13.0 Å². The van der Waals surface area contributed by atoms with Gasteiger partial charge in [-0.05, 0) is 18.6 Å². The predicted octanol–water partition coefficient (Wildman–Crippen LogP) is 3.10. The van der Waals surface area contributed by atoms with E-state index in [1.54, 1.807) is 12.4 Å². The summed E-state index contributed by atoms with van der Waals surface area (Å²) in [4.78, 5) is 11.6. The monoisotopic (exact) mass is 267 g/mol. The van der Waals surface area contributed by atoms with Crippen LogP contribution in [0.1, 0.15) is 25.2 Å². The van der Waals surface area contributed by atoms with Crippen LogP contribution in [-0.4, -0.2) is 15.0 Å². The first-order valence-corrected chi connectivity index (χ1v) is 6.67. The van der Waals surface area contributed by atoms with Crippen LogP contribution in [0.15, 0.2) is 43.0 Å². The second-order valence-electron chi connectivity index (χ2n) is 4.70. The van der Waals surface area contributed by atoms with Crippen molar-refractivity contribution < 1.29 is 0 Å². The van der Waals surface area contributed by atoms with Gasteiger partial charge in [0.25, 0.3) is 0 Å². The molecule has 2 aromatic heterocycles. The third-order valence-corrected chi connectivity index (χ3v) is 3.45. The number of nitrogens with zero attached hydrogens (tertiary/aromatic N) is 2. The highest BCUT2D eigenvalue weighted by atomic mass is 15.0. The van der Waals surface area contributed by atoms with E-state index in [1.807, 2.05) is 30.6 Å². The third-order valence-electron chi connectivity index (χ3n) is 3.45. The average Bonchev–Trinajstić information content (AvgIpc) is 3.01. The molecule has 102 valence electrons. The normalized spacial score (nSPS) is 12.4. The number of hydrogen-bond donors (Lipinski definition) is 3. The summed E-state index contributed by atoms with van der Waals surface area (Å²) >= 11 is 0. The SMILES string of the molecule is CCC(Nc1ccc2cnccc2c1N)c1ncc[nH]1. The van der Waals surface area contributed by atoms with Gasteiger partial charge in [0.15, 0.2) is 0 Å². The van der Waals surface area contributed by atoms with Crippen molar-refractivity contribution in [3.05, 3.63) is 48.8 Å². The first-order valence-electron chi connectivity index (χ1n) is 6.67. The summed E-state index contributed by atoms with van der Waals surface area (Å²) in [6.45, 7) is 2.11. The van der Waals surface area contributed by atoms with E-state index in [9.17, 15) is 0 Å². The fourth-order valence-electron chi connectivity index (χ4n) is 2.34. The summed E-state index contributed by atoms with van der Waals surface area (Å²) in [5.74, 6) is 0.918. The molecule has 0 spiro atoms. The Labute approximate surface area is 117 Å². The molecule has 5 nitrogen and oxygen atoms in total. The lowest BCUT2D eigenvalue weighted by Crippen LogP contribution is -2.12. The predicted molar refractivity (Wildman–Crippen MR) is 81.4 cm³/mol. The number of fused-ring (bicyclic) bond motifs is 1. The Morgan fingerprint density at radius 1 is 1.30 bits per heavy atom. The molecule has 1 unspecified atom stereocenters. The minimum atomic E-state index is 0.117. The maximum absolute atomic E-state index is 6.25. The summed E-state index contributed by atoms with van der Waals surface area (Å²) in [7, 11) is 0. The first kappa shape index (κ1) is 12.5. The number of aromatic nitrogens is 3. The number of rotatable bonds is 4. The van der Waals surface area contributed by atoms with Crippen molar-refractivity contribution in [1.82, 2.24) is 15.0 Å². The molecule has 4 N–H and O–H groups in total. The molecule has 2 heterocycles. The number of nitrogen functional groups attached to an aromatic ring is 1. The highest BCUT2D eigenvalue weighted by Crippen LogP contribution is 2.31. The van der Waals surface area contributed by atoms with Crippen LogP contribution < -0.4 is 11.1 Å². The van der Waals surface area contributed by atoms with Crippen molar-refractivity contribution in [3.8, 4) is 0 Å². The molecule has 0 aliphatic heterocycles. The quantitative estimate of drug-likeness (QED) is 0.634. The molecule has 0 fully saturated rings. The minimum absolute atomic E-state index is 0.117. The molecule has 3 aromatic rings. The van der Waals surface area contributed by atoms with E-state index in [-0.39, 0.29) is 6.04 Å². The van der Waals surface area contributed by atoms with E-state index in [0.29, 0.717) is 0 Å². The largest absolute Gasteiger partial charge is 0.397 e. The Morgan fingerprint density at radius 3 is 2.95 bits per heavy atom. The highest BCUT2D eigenvalue weighted by Gasteiger charge is 2.13. The molecule has 0 aliphatic carbocycles. The number of imidazole rings is 1. The number of anilines is 2. The number of pyridine rings is 1. The first-order chi connectivity index (χ1) is 9.79. The Hall–Kier alpha value is -2.56. The summed E-state index contributed by atoms with van der Waals surface area (Å²) in [5, 5.41) is 5.51. The van der Waals surface area contributed by atoms with Crippen molar-refractivity contribution >= 4 is 22.1 Å². The number of aromatic amines is 1. The summed E-state index contributed by atoms with van der Waals surface area (Å²) < 4.78 is 0. The van der Waals surface area contributed by atoms with Gasteiger partial charge in [0.2, 0.25) is 0 Å². The van der Waals surface area contributed by atoms with E-state index in [4.69, 9.17) is 5.73 Å². The Morgan fingerprint density at radius 2 is 2.20 bits per heavy atom. The van der Waals surface area contributed by atoms with E-state index >= 15 is 0 Å². The van der Waals surface area contributed by atoms with Gasteiger partial charge < -0.3 is 16.0 Å². The van der Waals surface area contributed by atoms with Crippen LogP contribution in [0.2, 0.25) is 0 Å². The van der Waals surface area contributed by atoms with Crippen molar-refractivity contribution in [2.24, 2.45) is 0 Å². The zero-order valence-corrected chi connectivity index (χ0v) is 11.3. The number of nitrogens with two attached hydrogens (primary N) is 1. The second kappa shape index (κ2) is 5.21. The molecule has 0 aliphatic rings. The lowest BCUT2D eigenvalue weighted by Gasteiger charge is -2.18.